The van der Waals surface area contributed by atoms with Gasteiger partial charge in [0.15, 0.2) is 0 Å². The smallest absolute Gasteiger partial charge is 0.416 e. The highest BCUT2D eigenvalue weighted by Crippen LogP contribution is 2.45. The van der Waals surface area contributed by atoms with Crippen LogP contribution in [-0.4, -0.2) is 94.6 Å². The molecule has 6 rings (SSSR count). The van der Waals surface area contributed by atoms with Gasteiger partial charge in [0.2, 0.25) is 10.0 Å². The summed E-state index contributed by atoms with van der Waals surface area (Å²) >= 11 is 0. The molecule has 0 aliphatic carbocycles. The standard InChI is InChI=1S/C29H34N4O7S/c1-28(2,3)40-27(37)31-17-29(18-31)11-13-32(29)41(38,39)21-8-9-24(30-12-10-20(34)16-30)22(15-21)25-14-19-6-4-5-7-23(19)33(25)26(35)36/h4-9,14-15,20,34H,10-13,16-18H2,1-3H3,(H,35,36)/t20-/m0/s1. The minimum atomic E-state index is -3.97. The second-order valence-corrected chi connectivity index (χ2v) is 14.0. The summed E-state index contributed by atoms with van der Waals surface area (Å²) < 4.78 is 36.1. The molecule has 3 fully saturated rings. The number of β-amino-alcohol motifs (C(OH)–C–C–N with tert-alkyl or cyclic N) is 1. The highest BCUT2D eigenvalue weighted by atomic mass is 32.2. The van der Waals surface area contributed by atoms with E-state index in [9.17, 15) is 28.2 Å². The summed E-state index contributed by atoms with van der Waals surface area (Å²) in [6.07, 6.45) is -0.973. The van der Waals surface area contributed by atoms with Gasteiger partial charge in [-0.15, -0.1) is 0 Å². The van der Waals surface area contributed by atoms with Crippen LogP contribution in [0.15, 0.2) is 53.4 Å². The molecule has 4 heterocycles. The molecule has 1 amide bonds. The molecule has 1 atom stereocenters. The largest absolute Gasteiger partial charge is 0.464 e. The molecule has 1 aromatic heterocycles. The van der Waals surface area contributed by atoms with Crippen molar-refractivity contribution < 1.29 is 33.0 Å². The van der Waals surface area contributed by atoms with Crippen molar-refractivity contribution in [3.63, 3.8) is 0 Å². The van der Waals surface area contributed by atoms with E-state index in [1.807, 2.05) is 17.0 Å². The number of anilines is 1. The summed E-state index contributed by atoms with van der Waals surface area (Å²) in [5.74, 6) is 0. The van der Waals surface area contributed by atoms with Crippen molar-refractivity contribution in [1.29, 1.82) is 0 Å². The van der Waals surface area contributed by atoms with Gasteiger partial charge in [0.05, 0.1) is 27.7 Å². The molecular formula is C29H34N4O7S. The summed E-state index contributed by atoms with van der Waals surface area (Å²) in [7, 11) is -3.97. The third-order valence-corrected chi connectivity index (χ3v) is 10.2. The number of aliphatic hydroxyl groups excluding tert-OH is 1. The first-order valence-corrected chi connectivity index (χ1v) is 15.2. The zero-order valence-electron chi connectivity index (χ0n) is 23.3. The topological polar surface area (TPSA) is 133 Å². The number of nitrogens with zero attached hydrogens (tertiary/aromatic N) is 4. The fourth-order valence-electron chi connectivity index (χ4n) is 6.13. The average Bonchev–Trinajstić information content (AvgIpc) is 3.44. The first kappa shape index (κ1) is 27.6. The molecule has 3 saturated heterocycles. The van der Waals surface area contributed by atoms with Crippen LogP contribution in [0.3, 0.4) is 0 Å². The average molecular weight is 583 g/mol. The van der Waals surface area contributed by atoms with Crippen molar-refractivity contribution in [3.05, 3.63) is 48.5 Å². The molecule has 0 bridgehead atoms. The van der Waals surface area contributed by atoms with Crippen LogP contribution in [0, 0.1) is 0 Å². The SMILES string of the molecule is CC(C)(C)OC(=O)N1CC2(CCN2S(=O)(=O)c2ccc(N3CC[C@H](O)C3)c(-c3cc4ccccc4n3C(=O)O)c2)C1. The monoisotopic (exact) mass is 582 g/mol. The first-order chi connectivity index (χ1) is 19.3. The number of fused-ring (bicyclic) bond motifs is 1. The van der Waals surface area contributed by atoms with E-state index < -0.39 is 39.5 Å². The molecule has 12 heteroatoms. The number of amides is 1. The Morgan fingerprint density at radius 2 is 1.78 bits per heavy atom. The summed E-state index contributed by atoms with van der Waals surface area (Å²) in [5, 5.41) is 21.1. The molecule has 3 aromatic rings. The van der Waals surface area contributed by atoms with E-state index in [4.69, 9.17) is 4.74 Å². The lowest BCUT2D eigenvalue weighted by atomic mass is 9.80. The molecule has 3 aliphatic rings. The van der Waals surface area contributed by atoms with Gasteiger partial charge in [-0.25, -0.2) is 22.6 Å². The minimum Gasteiger partial charge on any atom is -0.464 e. The Labute approximate surface area is 238 Å². The van der Waals surface area contributed by atoms with Crippen molar-refractivity contribution in [1.82, 2.24) is 13.8 Å². The number of hydrogen-bond donors (Lipinski definition) is 2. The highest BCUT2D eigenvalue weighted by molar-refractivity contribution is 7.89. The molecule has 3 aliphatic heterocycles. The Hall–Kier alpha value is -3.61. The Kier molecular flexibility index (Phi) is 6.36. The first-order valence-electron chi connectivity index (χ1n) is 13.7. The van der Waals surface area contributed by atoms with E-state index in [2.05, 4.69) is 0 Å². The molecular weight excluding hydrogens is 548 g/mol. The van der Waals surface area contributed by atoms with Crippen LogP contribution in [0.5, 0.6) is 0 Å². The Morgan fingerprint density at radius 3 is 2.39 bits per heavy atom. The quantitative estimate of drug-likeness (QED) is 0.475. The van der Waals surface area contributed by atoms with Gasteiger partial charge in [-0.05, 0) is 63.9 Å². The predicted molar refractivity (Wildman–Crippen MR) is 153 cm³/mol. The molecule has 2 N–H and O–H groups in total. The summed E-state index contributed by atoms with van der Waals surface area (Å²) in [6.45, 7) is 7.12. The second kappa shape index (κ2) is 9.47. The molecule has 0 unspecified atom stereocenters. The van der Waals surface area contributed by atoms with Crippen LogP contribution in [-0.2, 0) is 14.8 Å². The van der Waals surface area contributed by atoms with Gasteiger partial charge < -0.3 is 24.7 Å². The van der Waals surface area contributed by atoms with Crippen LogP contribution in [0.25, 0.3) is 22.2 Å². The number of carboxylic acid groups (broad SMARTS) is 1. The molecule has 218 valence electrons. The van der Waals surface area contributed by atoms with E-state index in [0.717, 1.165) is 0 Å². The van der Waals surface area contributed by atoms with E-state index in [1.54, 1.807) is 57.2 Å². The van der Waals surface area contributed by atoms with Crippen molar-refractivity contribution in [2.24, 2.45) is 0 Å². The highest BCUT2D eigenvalue weighted by Gasteiger charge is 2.60. The Bertz CT molecular complexity index is 1650. The maximum Gasteiger partial charge on any atom is 0.416 e. The molecule has 0 saturated carbocycles. The molecule has 1 spiro atoms. The number of hydrogen-bond acceptors (Lipinski definition) is 7. The summed E-state index contributed by atoms with van der Waals surface area (Å²) in [4.78, 5) is 28.5. The molecule has 11 nitrogen and oxygen atoms in total. The van der Waals surface area contributed by atoms with E-state index in [1.165, 1.54) is 13.8 Å². The zero-order valence-corrected chi connectivity index (χ0v) is 24.1. The molecule has 2 aromatic carbocycles. The van der Waals surface area contributed by atoms with Crippen LogP contribution >= 0.6 is 0 Å². The number of likely N-dealkylation sites (tertiary alicyclic amines) is 1. The lowest BCUT2D eigenvalue weighted by Gasteiger charge is -2.60. The number of aliphatic hydroxyl groups is 1. The number of carbonyl (C=O) groups excluding carboxylic acids is 1. The van der Waals surface area contributed by atoms with Gasteiger partial charge in [0, 0.05) is 49.4 Å². The van der Waals surface area contributed by atoms with Gasteiger partial charge in [-0.1, -0.05) is 18.2 Å². The van der Waals surface area contributed by atoms with Crippen LogP contribution in [0.4, 0.5) is 15.3 Å². The lowest BCUT2D eigenvalue weighted by molar-refractivity contribution is -0.0781. The third-order valence-electron chi connectivity index (χ3n) is 8.17. The number of rotatable bonds is 4. The van der Waals surface area contributed by atoms with Gasteiger partial charge in [0.1, 0.15) is 5.60 Å². The van der Waals surface area contributed by atoms with E-state index in [-0.39, 0.29) is 18.0 Å². The fraction of sp³-hybridized carbons (Fsp3) is 0.448. The second-order valence-electron chi connectivity index (χ2n) is 12.2. The normalized spacial score (nSPS) is 20.7. The van der Waals surface area contributed by atoms with Crippen molar-refractivity contribution >= 4 is 38.8 Å². The van der Waals surface area contributed by atoms with Crippen LogP contribution < -0.4 is 4.90 Å². The Balaban J connectivity index is 1.38. The molecule has 41 heavy (non-hydrogen) atoms. The fourth-order valence-corrected chi connectivity index (χ4v) is 7.94. The van der Waals surface area contributed by atoms with Gasteiger partial charge in [-0.2, -0.15) is 4.31 Å². The Morgan fingerprint density at radius 1 is 1.05 bits per heavy atom. The van der Waals surface area contributed by atoms with Crippen LogP contribution in [0.2, 0.25) is 0 Å². The number of benzene rings is 2. The predicted octanol–water partition coefficient (Wildman–Crippen LogP) is 3.79. The number of carbonyl (C=O) groups is 2. The number of sulfonamides is 1. The van der Waals surface area contributed by atoms with Gasteiger partial charge >= 0.3 is 12.2 Å². The minimum absolute atomic E-state index is 0.0491. The van der Waals surface area contributed by atoms with Crippen molar-refractivity contribution in [2.45, 2.75) is 55.8 Å². The lowest BCUT2D eigenvalue weighted by Crippen LogP contribution is -2.78. The van der Waals surface area contributed by atoms with Crippen molar-refractivity contribution in [3.8, 4) is 11.3 Å². The maximum atomic E-state index is 14.0. The maximum absolute atomic E-state index is 14.0. The number of aromatic nitrogens is 1. The van der Waals surface area contributed by atoms with E-state index in [0.29, 0.717) is 60.3 Å². The van der Waals surface area contributed by atoms with Crippen molar-refractivity contribution in [2.75, 3.05) is 37.6 Å². The summed E-state index contributed by atoms with van der Waals surface area (Å²) in [5.41, 5.74) is 0.636. The van der Waals surface area contributed by atoms with E-state index >= 15 is 0 Å². The third kappa shape index (κ3) is 4.63. The number of ether oxygens (including phenoxy) is 1. The van der Waals surface area contributed by atoms with Gasteiger partial charge in [-0.3, -0.25) is 0 Å². The number of para-hydroxylation sites is 1. The zero-order chi connectivity index (χ0) is 29.3. The van der Waals surface area contributed by atoms with Gasteiger partial charge in [0.25, 0.3) is 0 Å². The molecule has 0 radical (unpaired) electrons. The summed E-state index contributed by atoms with van der Waals surface area (Å²) in [6, 6.07) is 13.6. The van der Waals surface area contributed by atoms with Crippen LogP contribution in [0.1, 0.15) is 33.6 Å².